The molecule has 1 aromatic heterocycles. The third-order valence-corrected chi connectivity index (χ3v) is 3.40. The van der Waals surface area contributed by atoms with Gasteiger partial charge >= 0.3 is 11.9 Å². The molecule has 80 valence electrons. The van der Waals surface area contributed by atoms with Crippen molar-refractivity contribution in [3.63, 3.8) is 0 Å². The van der Waals surface area contributed by atoms with E-state index in [2.05, 4.69) is 4.98 Å². The van der Waals surface area contributed by atoms with Gasteiger partial charge in [-0.3, -0.25) is 4.79 Å². The fourth-order valence-corrected chi connectivity index (χ4v) is 2.40. The first-order valence-electron chi connectivity index (χ1n) is 4.52. The number of rotatable bonds is 4. The Labute approximate surface area is 89.4 Å². The smallest absolute Gasteiger partial charge is 0.347 e. The van der Waals surface area contributed by atoms with E-state index in [1.165, 1.54) is 0 Å². The molecule has 0 atom stereocenters. The van der Waals surface area contributed by atoms with E-state index in [1.54, 1.807) is 0 Å². The number of hydrogen-bond acceptors (Lipinski definition) is 4. The molecule has 2 N–H and O–H groups in total. The standard InChI is InChI=1S/C9H9NO4S/c11-6(12)3-5-7(9(13)14)15-8(10-5)4-1-2-4/h4H,1-3H2,(H,11,12)(H,13,14). The van der Waals surface area contributed by atoms with Crippen molar-refractivity contribution in [2.24, 2.45) is 0 Å². The largest absolute Gasteiger partial charge is 0.481 e. The summed E-state index contributed by atoms with van der Waals surface area (Å²) in [6.07, 6.45) is 1.74. The highest BCUT2D eigenvalue weighted by molar-refractivity contribution is 7.13. The molecule has 5 nitrogen and oxygen atoms in total. The molecule has 0 aromatic carbocycles. The molecule has 1 fully saturated rings. The maximum atomic E-state index is 10.8. The zero-order valence-electron chi connectivity index (χ0n) is 7.77. The van der Waals surface area contributed by atoms with E-state index in [1.807, 2.05) is 0 Å². The molecule has 0 bridgehead atoms. The molecule has 6 heteroatoms. The number of carbonyl (C=O) groups is 2. The number of thiazole rings is 1. The molecule has 1 saturated carbocycles. The average molecular weight is 227 g/mol. The molecular formula is C9H9NO4S. The van der Waals surface area contributed by atoms with Crippen molar-refractivity contribution in [2.45, 2.75) is 25.2 Å². The second kappa shape index (κ2) is 3.62. The molecule has 0 unspecified atom stereocenters. The van der Waals surface area contributed by atoms with Crippen LogP contribution in [-0.4, -0.2) is 27.1 Å². The minimum absolute atomic E-state index is 0.0688. The lowest BCUT2D eigenvalue weighted by molar-refractivity contribution is -0.136. The zero-order valence-corrected chi connectivity index (χ0v) is 8.58. The van der Waals surface area contributed by atoms with Crippen LogP contribution in [0.15, 0.2) is 0 Å². The molecule has 15 heavy (non-hydrogen) atoms. The van der Waals surface area contributed by atoms with Gasteiger partial charge in [0.2, 0.25) is 0 Å². The van der Waals surface area contributed by atoms with Crippen molar-refractivity contribution in [1.29, 1.82) is 0 Å². The van der Waals surface area contributed by atoms with E-state index in [-0.39, 0.29) is 17.0 Å². The van der Waals surface area contributed by atoms with Crippen LogP contribution >= 0.6 is 11.3 Å². The van der Waals surface area contributed by atoms with Crippen LogP contribution in [0.4, 0.5) is 0 Å². The summed E-state index contributed by atoms with van der Waals surface area (Å²) in [5, 5.41) is 18.2. The van der Waals surface area contributed by atoms with Gasteiger partial charge in [0.1, 0.15) is 4.88 Å². The maximum Gasteiger partial charge on any atom is 0.347 e. The number of hydrogen-bond donors (Lipinski definition) is 2. The van der Waals surface area contributed by atoms with Gasteiger partial charge in [0.05, 0.1) is 17.1 Å². The molecule has 1 aliphatic carbocycles. The number of aromatic carboxylic acids is 1. The van der Waals surface area contributed by atoms with Crippen LogP contribution in [0.5, 0.6) is 0 Å². The Hall–Kier alpha value is -1.43. The fourth-order valence-electron chi connectivity index (χ4n) is 1.31. The van der Waals surface area contributed by atoms with Crippen LogP contribution in [0.3, 0.4) is 0 Å². The first kappa shape index (κ1) is 10.1. The van der Waals surface area contributed by atoms with E-state index in [4.69, 9.17) is 10.2 Å². The Morgan fingerprint density at radius 2 is 2.07 bits per heavy atom. The molecule has 1 aromatic rings. The van der Waals surface area contributed by atoms with E-state index in [9.17, 15) is 9.59 Å². The van der Waals surface area contributed by atoms with E-state index in [0.717, 1.165) is 29.2 Å². The van der Waals surface area contributed by atoms with Crippen molar-refractivity contribution >= 4 is 23.3 Å². The summed E-state index contributed by atoms with van der Waals surface area (Å²) in [6.45, 7) is 0. The van der Waals surface area contributed by atoms with Gasteiger partial charge in [-0.25, -0.2) is 9.78 Å². The minimum Gasteiger partial charge on any atom is -0.481 e. The summed E-state index contributed by atoms with van der Waals surface area (Å²) in [5.41, 5.74) is 0.182. The quantitative estimate of drug-likeness (QED) is 0.810. The van der Waals surface area contributed by atoms with Crippen molar-refractivity contribution < 1.29 is 19.8 Å². The van der Waals surface area contributed by atoms with Crippen LogP contribution in [0, 0.1) is 0 Å². The summed E-state index contributed by atoms with van der Waals surface area (Å²) in [4.78, 5) is 25.5. The van der Waals surface area contributed by atoms with Crippen LogP contribution in [0.2, 0.25) is 0 Å². The molecule has 0 spiro atoms. The first-order valence-corrected chi connectivity index (χ1v) is 5.34. The SMILES string of the molecule is O=C(O)Cc1nc(C2CC2)sc1C(=O)O. The predicted octanol–water partition coefficient (Wildman–Crippen LogP) is 1.35. The lowest BCUT2D eigenvalue weighted by Crippen LogP contribution is -2.05. The Morgan fingerprint density at radius 3 is 2.53 bits per heavy atom. The number of nitrogens with zero attached hydrogens (tertiary/aromatic N) is 1. The highest BCUT2D eigenvalue weighted by atomic mass is 32.1. The Morgan fingerprint density at radius 1 is 1.40 bits per heavy atom. The number of aromatic nitrogens is 1. The van der Waals surface area contributed by atoms with Crippen molar-refractivity contribution in [1.82, 2.24) is 4.98 Å². The molecule has 0 radical (unpaired) electrons. The fraction of sp³-hybridized carbons (Fsp3) is 0.444. The Balaban J connectivity index is 2.32. The molecule has 1 heterocycles. The summed E-state index contributed by atoms with van der Waals surface area (Å²) in [5.74, 6) is -1.78. The number of carboxylic acid groups (broad SMARTS) is 2. The second-order valence-electron chi connectivity index (χ2n) is 3.48. The minimum atomic E-state index is -1.09. The average Bonchev–Trinajstić information content (AvgIpc) is 2.88. The van der Waals surface area contributed by atoms with E-state index >= 15 is 0 Å². The molecular weight excluding hydrogens is 218 g/mol. The van der Waals surface area contributed by atoms with Crippen molar-refractivity contribution in [3.05, 3.63) is 15.6 Å². The lowest BCUT2D eigenvalue weighted by atomic mass is 10.3. The Kier molecular flexibility index (Phi) is 2.44. The second-order valence-corrected chi connectivity index (χ2v) is 4.51. The highest BCUT2D eigenvalue weighted by Crippen LogP contribution is 2.42. The van der Waals surface area contributed by atoms with Gasteiger partial charge in [0.15, 0.2) is 0 Å². The van der Waals surface area contributed by atoms with Crippen LogP contribution in [0.1, 0.15) is 39.1 Å². The van der Waals surface area contributed by atoms with Crippen LogP contribution in [0.25, 0.3) is 0 Å². The van der Waals surface area contributed by atoms with Gasteiger partial charge in [0.25, 0.3) is 0 Å². The monoisotopic (exact) mass is 227 g/mol. The zero-order chi connectivity index (χ0) is 11.0. The van der Waals surface area contributed by atoms with Gasteiger partial charge in [0, 0.05) is 5.92 Å². The molecule has 0 saturated heterocycles. The van der Waals surface area contributed by atoms with Crippen LogP contribution < -0.4 is 0 Å². The first-order chi connectivity index (χ1) is 7.08. The number of aliphatic carboxylic acids is 1. The van der Waals surface area contributed by atoms with E-state index in [0.29, 0.717) is 5.92 Å². The van der Waals surface area contributed by atoms with Crippen molar-refractivity contribution in [2.75, 3.05) is 0 Å². The lowest BCUT2D eigenvalue weighted by Gasteiger charge is -1.92. The molecule has 2 rings (SSSR count). The maximum absolute atomic E-state index is 10.8. The molecule has 1 aliphatic rings. The van der Waals surface area contributed by atoms with Gasteiger partial charge < -0.3 is 10.2 Å². The van der Waals surface area contributed by atoms with Gasteiger partial charge in [-0.15, -0.1) is 11.3 Å². The predicted molar refractivity (Wildman–Crippen MR) is 52.4 cm³/mol. The van der Waals surface area contributed by atoms with Gasteiger partial charge in [-0.1, -0.05) is 0 Å². The van der Waals surface area contributed by atoms with Crippen molar-refractivity contribution in [3.8, 4) is 0 Å². The summed E-state index contributed by atoms with van der Waals surface area (Å²) in [6, 6.07) is 0. The normalized spacial score (nSPS) is 15.2. The summed E-state index contributed by atoms with van der Waals surface area (Å²) in [7, 11) is 0. The van der Waals surface area contributed by atoms with E-state index < -0.39 is 11.9 Å². The Bertz CT molecular complexity index is 422. The third kappa shape index (κ3) is 2.15. The number of carboxylic acids is 2. The highest BCUT2D eigenvalue weighted by Gasteiger charge is 2.30. The summed E-state index contributed by atoms with van der Waals surface area (Å²) >= 11 is 1.11. The molecule has 0 aliphatic heterocycles. The van der Waals surface area contributed by atoms with Gasteiger partial charge in [-0.2, -0.15) is 0 Å². The topological polar surface area (TPSA) is 87.5 Å². The van der Waals surface area contributed by atoms with Gasteiger partial charge in [-0.05, 0) is 12.8 Å². The summed E-state index contributed by atoms with van der Waals surface area (Å²) < 4.78 is 0. The van der Waals surface area contributed by atoms with Crippen LogP contribution in [-0.2, 0) is 11.2 Å². The molecule has 0 amide bonds. The third-order valence-electron chi connectivity index (χ3n) is 2.15.